The molecule has 3 rings (SSSR count). The molecule has 0 saturated carbocycles. The Bertz CT molecular complexity index is 1320. The Morgan fingerprint density at radius 3 is 2.00 bits per heavy atom. The number of nitrogens with two attached hydrogens (primary N) is 1. The van der Waals surface area contributed by atoms with Crippen LogP contribution in [0, 0.1) is 17.8 Å². The first-order valence-electron chi connectivity index (χ1n) is 15.4. The van der Waals surface area contributed by atoms with Gasteiger partial charge in [0.05, 0.1) is 6.04 Å². The zero-order valence-corrected chi connectivity index (χ0v) is 26.2. The van der Waals surface area contributed by atoms with Crippen LogP contribution in [0.1, 0.15) is 57.6 Å². The van der Waals surface area contributed by atoms with Gasteiger partial charge in [0.1, 0.15) is 18.4 Å². The molecule has 3 atom stereocenters. The molecule has 0 aliphatic carbocycles. The van der Waals surface area contributed by atoms with E-state index in [0.29, 0.717) is 25.7 Å². The number of piperidine rings is 1. The Labute approximate surface area is 264 Å². The third kappa shape index (κ3) is 11.2. The van der Waals surface area contributed by atoms with Crippen molar-refractivity contribution < 1.29 is 33.5 Å². The van der Waals surface area contributed by atoms with E-state index >= 15 is 0 Å². The molecular formula is C34H44N4O7. The van der Waals surface area contributed by atoms with E-state index in [4.69, 9.17) is 10.5 Å². The number of hydrogen-bond acceptors (Lipinski definition) is 7. The molecule has 1 fully saturated rings. The summed E-state index contributed by atoms with van der Waals surface area (Å²) >= 11 is 0. The number of likely N-dealkylation sites (tertiary alicyclic amines) is 1. The predicted octanol–water partition coefficient (Wildman–Crippen LogP) is 2.94. The Morgan fingerprint density at radius 2 is 1.44 bits per heavy atom. The Hall–Kier alpha value is -4.54. The van der Waals surface area contributed by atoms with Crippen molar-refractivity contribution in [2.75, 3.05) is 13.1 Å². The molecule has 4 N–H and O–H groups in total. The van der Waals surface area contributed by atoms with Gasteiger partial charge < -0.3 is 26.0 Å². The summed E-state index contributed by atoms with van der Waals surface area (Å²) in [5.41, 5.74) is 7.30. The summed E-state index contributed by atoms with van der Waals surface area (Å²) in [5.74, 6) is -3.67. The number of ether oxygens (including phenoxy) is 1. The van der Waals surface area contributed by atoms with Crippen molar-refractivity contribution in [3.8, 4) is 0 Å². The summed E-state index contributed by atoms with van der Waals surface area (Å²) in [5, 5.41) is 5.12. The lowest BCUT2D eigenvalue weighted by Crippen LogP contribution is -2.54. The fourth-order valence-corrected chi connectivity index (χ4v) is 5.32. The number of Topliss-reactive ketones (excluding diaryl/α,β-unsaturated/α-hetero) is 2. The van der Waals surface area contributed by atoms with Crippen LogP contribution >= 0.6 is 0 Å². The van der Waals surface area contributed by atoms with Crippen LogP contribution in [0.5, 0.6) is 0 Å². The lowest BCUT2D eigenvalue weighted by Gasteiger charge is -2.32. The van der Waals surface area contributed by atoms with Crippen LogP contribution < -0.4 is 16.4 Å². The first kappa shape index (κ1) is 34.9. The third-order valence-corrected chi connectivity index (χ3v) is 7.90. The van der Waals surface area contributed by atoms with Crippen LogP contribution in [0.25, 0.3) is 0 Å². The number of nitrogens with zero attached hydrogens (tertiary/aromatic N) is 1. The second-order valence-electron chi connectivity index (χ2n) is 12.0. The van der Waals surface area contributed by atoms with E-state index in [1.807, 2.05) is 74.5 Å². The van der Waals surface area contributed by atoms with Crippen molar-refractivity contribution in [3.63, 3.8) is 0 Å². The van der Waals surface area contributed by atoms with Gasteiger partial charge in [0.15, 0.2) is 0 Å². The number of hydrogen-bond donors (Lipinski definition) is 3. The van der Waals surface area contributed by atoms with E-state index in [1.54, 1.807) is 0 Å². The molecule has 1 unspecified atom stereocenters. The largest absolute Gasteiger partial charge is 0.445 e. The van der Waals surface area contributed by atoms with Crippen LogP contribution in [-0.2, 0) is 41.7 Å². The summed E-state index contributed by atoms with van der Waals surface area (Å²) in [6, 6.07) is 16.4. The molecular weight excluding hydrogens is 576 g/mol. The highest BCUT2D eigenvalue weighted by Crippen LogP contribution is 2.23. The van der Waals surface area contributed by atoms with Gasteiger partial charge in [-0.05, 0) is 49.7 Å². The molecule has 1 aliphatic rings. The molecule has 45 heavy (non-hydrogen) atoms. The maximum absolute atomic E-state index is 13.0. The summed E-state index contributed by atoms with van der Waals surface area (Å²) < 4.78 is 5.24. The van der Waals surface area contributed by atoms with E-state index in [9.17, 15) is 28.8 Å². The number of alkyl carbamates (subject to hydrolysis) is 1. The van der Waals surface area contributed by atoms with Gasteiger partial charge in [-0.3, -0.25) is 24.0 Å². The quantitative estimate of drug-likeness (QED) is 0.258. The molecule has 2 aromatic rings. The van der Waals surface area contributed by atoms with Crippen LogP contribution in [0.2, 0.25) is 0 Å². The standard InChI is InChI=1S/C34H44N4O7/c1-22(2)18-28(37-34(44)45-21-25-12-8-5-9-13-25)32(42)36-23(3)30(40)33(43)38-16-14-26(15-17-38)29(39)20-27(31(35)41)19-24-10-6-4-7-11-24/h4-13,22-23,26-28H,14-21H2,1-3H3,(H2,35,41)(H,36,42)(H,37,44)/t23?,27-,28+/m1/s1. The van der Waals surface area contributed by atoms with Gasteiger partial charge in [-0.25, -0.2) is 4.79 Å². The summed E-state index contributed by atoms with van der Waals surface area (Å²) in [7, 11) is 0. The molecule has 1 heterocycles. The minimum absolute atomic E-state index is 0.0240. The molecule has 2 aromatic carbocycles. The first-order valence-corrected chi connectivity index (χ1v) is 15.4. The Kier molecular flexibility index (Phi) is 13.3. The van der Waals surface area contributed by atoms with E-state index in [1.165, 1.54) is 11.8 Å². The highest BCUT2D eigenvalue weighted by Gasteiger charge is 2.34. The predicted molar refractivity (Wildman–Crippen MR) is 167 cm³/mol. The third-order valence-electron chi connectivity index (χ3n) is 7.90. The average Bonchev–Trinajstić information content (AvgIpc) is 3.03. The highest BCUT2D eigenvalue weighted by atomic mass is 16.5. The van der Waals surface area contributed by atoms with E-state index in [-0.39, 0.29) is 43.7 Å². The van der Waals surface area contributed by atoms with Crippen LogP contribution in [0.3, 0.4) is 0 Å². The Balaban J connectivity index is 1.48. The first-order chi connectivity index (χ1) is 21.4. The van der Waals surface area contributed by atoms with Crippen molar-refractivity contribution in [1.29, 1.82) is 0 Å². The van der Waals surface area contributed by atoms with Gasteiger partial charge in [-0.15, -0.1) is 0 Å². The van der Waals surface area contributed by atoms with Crippen molar-refractivity contribution in [2.45, 2.75) is 71.6 Å². The number of carbonyl (C=O) groups excluding carboxylic acids is 6. The molecule has 242 valence electrons. The normalized spacial score (nSPS) is 15.4. The van der Waals surface area contributed by atoms with Crippen molar-refractivity contribution in [2.24, 2.45) is 23.5 Å². The summed E-state index contributed by atoms with van der Waals surface area (Å²) in [6.07, 6.45) is 0.650. The zero-order chi connectivity index (χ0) is 32.9. The smallest absolute Gasteiger partial charge is 0.408 e. The van der Waals surface area contributed by atoms with Gasteiger partial charge in [0, 0.05) is 31.3 Å². The second-order valence-corrected chi connectivity index (χ2v) is 12.0. The maximum atomic E-state index is 13.0. The number of amides is 4. The van der Waals surface area contributed by atoms with E-state index < -0.39 is 47.6 Å². The number of nitrogens with one attached hydrogen (secondary N) is 2. The lowest BCUT2D eigenvalue weighted by molar-refractivity contribution is -0.147. The van der Waals surface area contributed by atoms with Crippen LogP contribution in [0.4, 0.5) is 4.79 Å². The van der Waals surface area contributed by atoms with Crippen molar-refractivity contribution >= 4 is 35.4 Å². The molecule has 1 aliphatic heterocycles. The highest BCUT2D eigenvalue weighted by molar-refractivity contribution is 6.38. The Morgan fingerprint density at radius 1 is 0.867 bits per heavy atom. The molecule has 4 amide bonds. The minimum atomic E-state index is -1.13. The number of benzene rings is 2. The molecule has 0 radical (unpaired) electrons. The fourth-order valence-electron chi connectivity index (χ4n) is 5.32. The molecule has 11 nitrogen and oxygen atoms in total. The molecule has 11 heteroatoms. The maximum Gasteiger partial charge on any atom is 0.408 e. The molecule has 0 spiro atoms. The van der Waals surface area contributed by atoms with Crippen molar-refractivity contribution in [3.05, 3.63) is 71.8 Å². The fraction of sp³-hybridized carbons (Fsp3) is 0.471. The van der Waals surface area contributed by atoms with Gasteiger partial charge in [0.25, 0.3) is 5.91 Å². The number of carbonyl (C=O) groups is 6. The lowest BCUT2D eigenvalue weighted by atomic mass is 9.85. The van der Waals surface area contributed by atoms with Gasteiger partial charge in [-0.2, -0.15) is 0 Å². The average molecular weight is 621 g/mol. The number of rotatable bonds is 15. The molecule has 0 aromatic heterocycles. The molecule has 0 bridgehead atoms. The second kappa shape index (κ2) is 17.1. The zero-order valence-electron chi connectivity index (χ0n) is 26.2. The number of ketones is 2. The van der Waals surface area contributed by atoms with Gasteiger partial charge in [0.2, 0.25) is 17.6 Å². The van der Waals surface area contributed by atoms with Gasteiger partial charge >= 0.3 is 6.09 Å². The summed E-state index contributed by atoms with van der Waals surface area (Å²) in [4.78, 5) is 77.9. The monoisotopic (exact) mass is 620 g/mol. The number of primary amides is 1. The minimum Gasteiger partial charge on any atom is -0.445 e. The molecule has 1 saturated heterocycles. The SMILES string of the molecule is CC(C)C[C@H](NC(=O)OCc1ccccc1)C(=O)NC(C)C(=O)C(=O)N1CCC(C(=O)C[C@@H](Cc2ccccc2)C(N)=O)CC1. The van der Waals surface area contributed by atoms with E-state index in [2.05, 4.69) is 10.6 Å². The summed E-state index contributed by atoms with van der Waals surface area (Å²) in [6.45, 7) is 5.64. The van der Waals surface area contributed by atoms with Gasteiger partial charge in [-0.1, -0.05) is 74.5 Å². The topological polar surface area (TPSA) is 165 Å². The van der Waals surface area contributed by atoms with Crippen molar-refractivity contribution in [1.82, 2.24) is 15.5 Å². The van der Waals surface area contributed by atoms with Crippen LogP contribution in [-0.4, -0.2) is 65.5 Å². The van der Waals surface area contributed by atoms with Crippen LogP contribution in [0.15, 0.2) is 60.7 Å². The van der Waals surface area contributed by atoms with E-state index in [0.717, 1.165) is 11.1 Å².